The summed E-state index contributed by atoms with van der Waals surface area (Å²) in [6.07, 6.45) is -2.20. The zero-order chi connectivity index (χ0) is 19.2. The summed E-state index contributed by atoms with van der Waals surface area (Å²) in [6, 6.07) is 10.4. The van der Waals surface area contributed by atoms with Crippen molar-refractivity contribution in [2.75, 3.05) is 32.1 Å². The number of ether oxygens (including phenoxy) is 1. The molecular formula is C19H24N3O2PS2. The summed E-state index contributed by atoms with van der Waals surface area (Å²) in [4.78, 5) is 7.94. The summed E-state index contributed by atoms with van der Waals surface area (Å²) in [5.74, 6) is 0.642. The zero-order valence-electron chi connectivity index (χ0n) is 16.0. The Morgan fingerprint density at radius 2 is 1.96 bits per heavy atom. The predicted octanol–water partition coefficient (Wildman–Crippen LogP) is 3.97. The first-order valence-corrected chi connectivity index (χ1v) is 12.6. The summed E-state index contributed by atoms with van der Waals surface area (Å²) in [7, 11) is 4.07. The molecule has 0 radical (unpaired) electrons. The molecule has 0 unspecified atom stereocenters. The van der Waals surface area contributed by atoms with Crippen LogP contribution in [0.4, 0.5) is 11.4 Å². The van der Waals surface area contributed by atoms with Crippen LogP contribution in [0.25, 0.3) is 0 Å². The highest BCUT2D eigenvalue weighted by Gasteiger charge is 2.40. The van der Waals surface area contributed by atoms with E-state index in [4.69, 9.17) is 26.1 Å². The van der Waals surface area contributed by atoms with Crippen LogP contribution in [-0.2, 0) is 21.1 Å². The minimum atomic E-state index is -2.46. The molecule has 8 heteroatoms. The lowest BCUT2D eigenvalue weighted by atomic mass is 10.2. The van der Waals surface area contributed by atoms with Crippen molar-refractivity contribution in [3.63, 3.8) is 0 Å². The SMILES string of the molecule is C[C@@H]1CN([P@]2(=S)OC(c3cccs3)=Nc3cc(N(C)C)ccc32)C[C@H](C)O1. The second-order valence-corrected chi connectivity index (χ2v) is 11.9. The number of aliphatic imine (C=N–C) groups is 1. The Bertz CT molecular complexity index is 904. The van der Waals surface area contributed by atoms with E-state index < -0.39 is 6.42 Å². The van der Waals surface area contributed by atoms with Crippen LogP contribution in [-0.4, -0.2) is 50.0 Å². The summed E-state index contributed by atoms with van der Waals surface area (Å²) < 4.78 is 14.8. The van der Waals surface area contributed by atoms with Crippen LogP contribution >= 0.6 is 17.8 Å². The highest BCUT2D eigenvalue weighted by atomic mass is 32.4. The first-order valence-electron chi connectivity index (χ1n) is 9.02. The topological polar surface area (TPSA) is 37.3 Å². The van der Waals surface area contributed by atoms with Crippen LogP contribution in [0.1, 0.15) is 18.7 Å². The van der Waals surface area contributed by atoms with Crippen molar-refractivity contribution in [2.45, 2.75) is 26.1 Å². The molecule has 3 heterocycles. The quantitative estimate of drug-likeness (QED) is 0.701. The molecule has 0 saturated carbocycles. The average molecular weight is 422 g/mol. The lowest BCUT2D eigenvalue weighted by Gasteiger charge is -2.43. The van der Waals surface area contributed by atoms with Crippen LogP contribution in [0.2, 0.25) is 0 Å². The van der Waals surface area contributed by atoms with Crippen LogP contribution < -0.4 is 10.2 Å². The van der Waals surface area contributed by atoms with Crippen molar-refractivity contribution in [3.05, 3.63) is 40.6 Å². The normalized spacial score (nSPS) is 28.2. The monoisotopic (exact) mass is 421 g/mol. The number of fused-ring (bicyclic) bond motifs is 1. The first-order chi connectivity index (χ1) is 12.9. The highest BCUT2D eigenvalue weighted by molar-refractivity contribution is 8.15. The molecule has 3 atom stereocenters. The molecule has 4 rings (SSSR count). The number of hydrogen-bond acceptors (Lipinski definition) is 6. The molecule has 0 amide bonds. The van der Waals surface area contributed by atoms with E-state index in [2.05, 4.69) is 41.6 Å². The molecule has 2 aliphatic rings. The van der Waals surface area contributed by atoms with Crippen molar-refractivity contribution in [2.24, 2.45) is 4.99 Å². The number of anilines is 1. The van der Waals surface area contributed by atoms with Gasteiger partial charge in [-0.05, 0) is 55.3 Å². The third-order valence-corrected chi connectivity index (χ3v) is 9.56. The second kappa shape index (κ2) is 7.30. The zero-order valence-corrected chi connectivity index (χ0v) is 18.5. The van der Waals surface area contributed by atoms with Crippen LogP contribution in [0.5, 0.6) is 0 Å². The Labute approximate surface area is 169 Å². The Balaban J connectivity index is 1.83. The summed E-state index contributed by atoms with van der Waals surface area (Å²) >= 11 is 7.89. The second-order valence-electron chi connectivity index (χ2n) is 7.20. The van der Waals surface area contributed by atoms with E-state index in [0.717, 1.165) is 34.6 Å². The maximum Gasteiger partial charge on any atom is 0.236 e. The van der Waals surface area contributed by atoms with Gasteiger partial charge in [0.15, 0.2) is 0 Å². The summed E-state index contributed by atoms with van der Waals surface area (Å²) in [5, 5.41) is 3.07. The van der Waals surface area contributed by atoms with Crippen molar-refractivity contribution in [1.29, 1.82) is 0 Å². The van der Waals surface area contributed by atoms with Crippen LogP contribution in [0.3, 0.4) is 0 Å². The van der Waals surface area contributed by atoms with Crippen molar-refractivity contribution in [1.82, 2.24) is 4.67 Å². The van der Waals surface area contributed by atoms with E-state index in [0.29, 0.717) is 5.90 Å². The van der Waals surface area contributed by atoms with Crippen molar-refractivity contribution >= 4 is 52.1 Å². The lowest BCUT2D eigenvalue weighted by Crippen LogP contribution is -2.46. The van der Waals surface area contributed by atoms with Gasteiger partial charge < -0.3 is 14.2 Å². The Kier molecular flexibility index (Phi) is 5.16. The predicted molar refractivity (Wildman–Crippen MR) is 118 cm³/mol. The molecule has 1 saturated heterocycles. The fraction of sp³-hybridized carbons (Fsp3) is 0.421. The molecule has 144 valence electrons. The molecule has 27 heavy (non-hydrogen) atoms. The Morgan fingerprint density at radius 3 is 2.59 bits per heavy atom. The number of morpholine rings is 1. The smallest absolute Gasteiger partial charge is 0.236 e. The molecule has 2 aliphatic heterocycles. The van der Waals surface area contributed by atoms with Gasteiger partial charge >= 0.3 is 0 Å². The van der Waals surface area contributed by atoms with E-state index in [1.54, 1.807) is 11.3 Å². The Hall–Kier alpha value is -1.24. The average Bonchev–Trinajstić information content (AvgIpc) is 3.15. The molecule has 5 nitrogen and oxygen atoms in total. The number of nitrogens with zero attached hydrogens (tertiary/aromatic N) is 3. The number of rotatable bonds is 3. The van der Waals surface area contributed by atoms with Gasteiger partial charge in [-0.1, -0.05) is 6.07 Å². The van der Waals surface area contributed by atoms with Crippen LogP contribution in [0.15, 0.2) is 40.7 Å². The molecule has 0 bridgehead atoms. The van der Waals surface area contributed by atoms with E-state index in [1.165, 1.54) is 0 Å². The van der Waals surface area contributed by atoms with Gasteiger partial charge in [0.1, 0.15) is 0 Å². The van der Waals surface area contributed by atoms with Gasteiger partial charge in [-0.3, -0.25) is 0 Å². The van der Waals surface area contributed by atoms with E-state index >= 15 is 0 Å². The number of hydrogen-bond donors (Lipinski definition) is 0. The fourth-order valence-electron chi connectivity index (χ4n) is 3.49. The molecule has 0 spiro atoms. The van der Waals surface area contributed by atoms with Gasteiger partial charge in [-0.2, -0.15) is 0 Å². The van der Waals surface area contributed by atoms with E-state index in [9.17, 15) is 0 Å². The molecular weight excluding hydrogens is 397 g/mol. The molecule has 2 aromatic rings. The van der Waals surface area contributed by atoms with Gasteiger partial charge in [-0.25, -0.2) is 9.66 Å². The molecule has 1 aromatic carbocycles. The van der Waals surface area contributed by atoms with Crippen molar-refractivity contribution in [3.8, 4) is 0 Å². The molecule has 1 fully saturated rings. The lowest BCUT2D eigenvalue weighted by molar-refractivity contribution is -0.0446. The third-order valence-electron chi connectivity index (χ3n) is 4.72. The van der Waals surface area contributed by atoms with E-state index in [-0.39, 0.29) is 12.2 Å². The standard InChI is InChI=1S/C19H24N3O2PS2/c1-13-11-22(12-14(2)23-13)25(26)17-8-7-15(21(3)4)10-16(17)20-19(24-25)18-6-5-9-27-18/h5-10,13-14H,11-12H2,1-4H3/t13-,14+,25-/m0/s1. The van der Waals surface area contributed by atoms with Gasteiger partial charge in [-0.15, -0.1) is 11.3 Å². The minimum Gasteiger partial charge on any atom is -0.430 e. The molecule has 0 aliphatic carbocycles. The van der Waals surface area contributed by atoms with Gasteiger partial charge in [0, 0.05) is 32.9 Å². The third kappa shape index (κ3) is 3.59. The fourth-order valence-corrected chi connectivity index (χ4v) is 7.73. The maximum absolute atomic E-state index is 6.52. The summed E-state index contributed by atoms with van der Waals surface area (Å²) in [6.45, 7) is 5.74. The maximum atomic E-state index is 6.52. The summed E-state index contributed by atoms with van der Waals surface area (Å²) in [5.41, 5.74) is 2.03. The van der Waals surface area contributed by atoms with E-state index in [1.807, 2.05) is 31.6 Å². The van der Waals surface area contributed by atoms with Crippen LogP contribution in [0, 0.1) is 0 Å². The molecule has 0 N–H and O–H groups in total. The van der Waals surface area contributed by atoms with Gasteiger partial charge in [0.2, 0.25) is 12.3 Å². The van der Waals surface area contributed by atoms with Crippen molar-refractivity contribution < 1.29 is 9.26 Å². The van der Waals surface area contributed by atoms with Gasteiger partial charge in [0.25, 0.3) is 0 Å². The molecule has 1 aromatic heterocycles. The first kappa shape index (κ1) is 19.1. The number of benzene rings is 1. The number of thiophene rings is 1. The minimum absolute atomic E-state index is 0.130. The van der Waals surface area contributed by atoms with Gasteiger partial charge in [0.05, 0.1) is 28.1 Å². The largest absolute Gasteiger partial charge is 0.430 e. The Morgan fingerprint density at radius 1 is 1.22 bits per heavy atom. The highest BCUT2D eigenvalue weighted by Crippen LogP contribution is 2.56.